The fraction of sp³-hybridized carbons (Fsp3) is 0.222. The average molecular weight is 428 g/mol. The van der Waals surface area contributed by atoms with Crippen LogP contribution in [-0.2, 0) is 4.74 Å². The number of aryl methyl sites for hydroxylation is 1. The molecule has 0 aromatic carbocycles. The minimum atomic E-state index is -0.682. The number of nitrogens with zero attached hydrogens (tertiary/aromatic N) is 6. The van der Waals surface area contributed by atoms with Gasteiger partial charge in [-0.05, 0) is 13.8 Å². The van der Waals surface area contributed by atoms with Gasteiger partial charge in [-0.2, -0.15) is 10.2 Å². The lowest BCUT2D eigenvalue weighted by Gasteiger charge is -2.16. The highest BCUT2D eigenvalue weighted by molar-refractivity contribution is 7.18. The number of amides is 2. The number of hydrogen-bond acceptors (Lipinski definition) is 8. The fourth-order valence-electron chi connectivity index (χ4n) is 2.88. The summed E-state index contributed by atoms with van der Waals surface area (Å²) in [5, 5.41) is 13.8. The Hall–Kier alpha value is -3.51. The maximum Gasteiger partial charge on any atom is 0.323 e. The van der Waals surface area contributed by atoms with Crippen LogP contribution in [0.3, 0.4) is 0 Å². The Balaban J connectivity index is 1.57. The zero-order chi connectivity index (χ0) is 21.3. The number of aromatic nitrogens is 6. The zero-order valence-corrected chi connectivity index (χ0v) is 17.1. The van der Waals surface area contributed by atoms with Crippen LogP contribution in [0, 0.1) is 12.7 Å². The molecular weight excluding hydrogens is 411 g/mol. The van der Waals surface area contributed by atoms with Gasteiger partial charge in [-0.3, -0.25) is 0 Å². The molecule has 0 spiro atoms. The molecule has 4 heterocycles. The predicted octanol–water partition coefficient (Wildman–Crippen LogP) is 3.47. The molecule has 2 N–H and O–H groups in total. The summed E-state index contributed by atoms with van der Waals surface area (Å²) < 4.78 is 19.8. The summed E-state index contributed by atoms with van der Waals surface area (Å²) >= 11 is 1.46. The molecule has 12 heteroatoms. The maximum atomic E-state index is 14.3. The van der Waals surface area contributed by atoms with Crippen LogP contribution in [0.5, 0.6) is 0 Å². The molecule has 0 aliphatic carbocycles. The van der Waals surface area contributed by atoms with Crippen molar-refractivity contribution in [1.29, 1.82) is 0 Å². The number of hydrogen-bond donors (Lipinski definition) is 2. The van der Waals surface area contributed by atoms with E-state index in [1.165, 1.54) is 29.9 Å². The minimum absolute atomic E-state index is 0.0734. The molecule has 0 saturated heterocycles. The van der Waals surface area contributed by atoms with E-state index in [1.54, 1.807) is 13.3 Å². The third-order valence-electron chi connectivity index (χ3n) is 4.27. The standard InChI is InChI=1S/C18H17FN8O2S/c1-9(29-3)14-13(8-21-17-15(14)24-10(2)30-17)26-18(28)25-11-6-12(19)16(20-7-11)27-22-4-5-23-27/h4-9H,1-3H3,(H2,25,26,28). The zero-order valence-electron chi connectivity index (χ0n) is 16.3. The summed E-state index contributed by atoms with van der Waals surface area (Å²) in [4.78, 5) is 27.2. The fourth-order valence-corrected chi connectivity index (χ4v) is 3.66. The van der Waals surface area contributed by atoms with Gasteiger partial charge in [0.2, 0.25) is 5.82 Å². The van der Waals surface area contributed by atoms with E-state index in [0.29, 0.717) is 16.8 Å². The van der Waals surface area contributed by atoms with Crippen molar-refractivity contribution in [2.75, 3.05) is 17.7 Å². The van der Waals surface area contributed by atoms with Crippen LogP contribution in [-0.4, -0.2) is 43.1 Å². The van der Waals surface area contributed by atoms with Crippen molar-refractivity contribution >= 4 is 39.1 Å². The van der Waals surface area contributed by atoms with Crippen molar-refractivity contribution < 1.29 is 13.9 Å². The number of carbonyl (C=O) groups excluding carboxylic acids is 1. The molecule has 30 heavy (non-hydrogen) atoms. The normalized spacial score (nSPS) is 12.1. The van der Waals surface area contributed by atoms with Gasteiger partial charge in [0.05, 0.1) is 47.3 Å². The van der Waals surface area contributed by atoms with Crippen LogP contribution in [0.25, 0.3) is 16.2 Å². The van der Waals surface area contributed by atoms with Gasteiger partial charge < -0.3 is 15.4 Å². The SMILES string of the molecule is COC(C)c1c(NC(=O)Nc2cnc(-n3nccn3)c(F)c2)cnc2sc(C)nc12. The van der Waals surface area contributed by atoms with Crippen molar-refractivity contribution in [2.45, 2.75) is 20.0 Å². The van der Waals surface area contributed by atoms with Gasteiger partial charge in [-0.1, -0.05) is 11.3 Å². The van der Waals surface area contributed by atoms with Crippen LogP contribution in [0.1, 0.15) is 23.6 Å². The molecule has 154 valence electrons. The van der Waals surface area contributed by atoms with Gasteiger partial charge in [0.1, 0.15) is 10.3 Å². The number of methoxy groups -OCH3 is 1. The number of anilines is 2. The summed E-state index contributed by atoms with van der Waals surface area (Å²) in [5.74, 6) is -0.755. The van der Waals surface area contributed by atoms with Crippen LogP contribution in [0.2, 0.25) is 0 Å². The highest BCUT2D eigenvalue weighted by Crippen LogP contribution is 2.33. The molecule has 0 bridgehead atoms. The van der Waals surface area contributed by atoms with Gasteiger partial charge in [0, 0.05) is 18.7 Å². The molecule has 0 aliphatic heterocycles. The van der Waals surface area contributed by atoms with Crippen LogP contribution >= 0.6 is 11.3 Å². The number of urea groups is 1. The molecule has 0 aliphatic rings. The summed E-state index contributed by atoms with van der Waals surface area (Å²) in [6.07, 6.45) is 5.36. The first-order chi connectivity index (χ1) is 14.5. The maximum absolute atomic E-state index is 14.3. The summed E-state index contributed by atoms with van der Waals surface area (Å²) in [7, 11) is 1.57. The van der Waals surface area contributed by atoms with Crippen molar-refractivity contribution in [3.05, 3.63) is 47.2 Å². The molecule has 1 unspecified atom stereocenters. The Morgan fingerprint density at radius 3 is 2.70 bits per heavy atom. The Morgan fingerprint density at radius 1 is 1.23 bits per heavy atom. The first-order valence-corrected chi connectivity index (χ1v) is 9.67. The van der Waals surface area contributed by atoms with Crippen molar-refractivity contribution in [3.8, 4) is 5.82 Å². The molecule has 4 aromatic heterocycles. The molecule has 0 fully saturated rings. The number of fused-ring (bicyclic) bond motifs is 1. The van der Waals surface area contributed by atoms with Gasteiger partial charge in [0.25, 0.3) is 0 Å². The van der Waals surface area contributed by atoms with Crippen molar-refractivity contribution in [2.24, 2.45) is 0 Å². The Morgan fingerprint density at radius 2 is 2.00 bits per heavy atom. The number of carbonyl (C=O) groups is 1. The second kappa shape index (κ2) is 8.08. The van der Waals surface area contributed by atoms with E-state index in [2.05, 4.69) is 35.8 Å². The molecule has 10 nitrogen and oxygen atoms in total. The quantitative estimate of drug-likeness (QED) is 0.499. The molecule has 2 amide bonds. The van der Waals surface area contributed by atoms with Crippen molar-refractivity contribution in [1.82, 2.24) is 29.9 Å². The number of thiazole rings is 1. The Labute approximate surface area is 174 Å². The highest BCUT2D eigenvalue weighted by Gasteiger charge is 2.20. The second-order valence-corrected chi connectivity index (χ2v) is 7.46. The molecular formula is C18H17FN8O2S. The number of rotatable bonds is 5. The summed E-state index contributed by atoms with van der Waals surface area (Å²) in [5.41, 5.74) is 2.01. The van der Waals surface area contributed by atoms with Gasteiger partial charge in [-0.15, -0.1) is 4.80 Å². The van der Waals surface area contributed by atoms with Crippen LogP contribution < -0.4 is 10.6 Å². The van der Waals surface area contributed by atoms with E-state index >= 15 is 0 Å². The first kappa shape index (κ1) is 19.8. The Kier molecular flexibility index (Phi) is 5.33. The van der Waals surface area contributed by atoms with Crippen LogP contribution in [0.15, 0.2) is 30.9 Å². The molecule has 4 rings (SSSR count). The third-order valence-corrected chi connectivity index (χ3v) is 5.15. The lowest BCUT2D eigenvalue weighted by Crippen LogP contribution is -2.21. The largest absolute Gasteiger partial charge is 0.377 e. The summed E-state index contributed by atoms with van der Waals surface area (Å²) in [6.45, 7) is 3.74. The average Bonchev–Trinajstić information content (AvgIpc) is 3.36. The lowest BCUT2D eigenvalue weighted by molar-refractivity contribution is 0.121. The number of ether oxygens (including phenoxy) is 1. The molecule has 0 radical (unpaired) electrons. The number of pyridine rings is 2. The monoisotopic (exact) mass is 428 g/mol. The van der Waals surface area contributed by atoms with E-state index in [-0.39, 0.29) is 17.6 Å². The topological polar surface area (TPSA) is 120 Å². The van der Waals surface area contributed by atoms with Gasteiger partial charge >= 0.3 is 6.03 Å². The third kappa shape index (κ3) is 3.82. The first-order valence-electron chi connectivity index (χ1n) is 8.85. The van der Waals surface area contributed by atoms with Gasteiger partial charge in [0.15, 0.2) is 5.82 Å². The van der Waals surface area contributed by atoms with Crippen molar-refractivity contribution in [3.63, 3.8) is 0 Å². The number of halogens is 1. The smallest absolute Gasteiger partial charge is 0.323 e. The number of nitrogens with one attached hydrogen (secondary N) is 2. The minimum Gasteiger partial charge on any atom is -0.377 e. The predicted molar refractivity (Wildman–Crippen MR) is 109 cm³/mol. The van der Waals surface area contributed by atoms with E-state index in [1.807, 2.05) is 13.8 Å². The van der Waals surface area contributed by atoms with E-state index in [4.69, 9.17) is 4.74 Å². The Bertz CT molecular complexity index is 1210. The van der Waals surface area contributed by atoms with E-state index < -0.39 is 11.8 Å². The lowest BCUT2D eigenvalue weighted by atomic mass is 10.1. The summed E-state index contributed by atoms with van der Waals surface area (Å²) in [6, 6.07) is 0.550. The van der Waals surface area contributed by atoms with Crippen LogP contribution in [0.4, 0.5) is 20.6 Å². The molecule has 4 aromatic rings. The molecule has 0 saturated carbocycles. The van der Waals surface area contributed by atoms with Gasteiger partial charge in [-0.25, -0.2) is 24.1 Å². The van der Waals surface area contributed by atoms with E-state index in [0.717, 1.165) is 20.7 Å². The van der Waals surface area contributed by atoms with E-state index in [9.17, 15) is 9.18 Å². The second-order valence-electron chi connectivity index (χ2n) is 6.28. The highest BCUT2D eigenvalue weighted by atomic mass is 32.1. The molecule has 1 atom stereocenters.